The summed E-state index contributed by atoms with van der Waals surface area (Å²) in [5, 5.41) is 18.4. The van der Waals surface area contributed by atoms with E-state index in [9.17, 15) is 9.90 Å². The second kappa shape index (κ2) is 10.1. The van der Waals surface area contributed by atoms with Gasteiger partial charge in [0.25, 0.3) is 5.92 Å². The molecule has 2 atom stereocenters. The molecule has 7 nitrogen and oxygen atoms in total. The maximum Gasteiger partial charge on any atom is 0.325 e. The molecule has 0 saturated carbocycles. The molecule has 9 heteroatoms. The second-order valence-electron chi connectivity index (χ2n) is 10.1. The Morgan fingerprint density at radius 1 is 1.28 bits per heavy atom. The highest BCUT2D eigenvalue weighted by Gasteiger charge is 2.45. The average Bonchev–Trinajstić information content (AvgIpc) is 3.50. The first-order valence-corrected chi connectivity index (χ1v) is 12.8. The zero-order chi connectivity index (χ0) is 25.3. The van der Waals surface area contributed by atoms with E-state index >= 15 is 8.78 Å². The number of benzene rings is 1. The van der Waals surface area contributed by atoms with Gasteiger partial charge in [-0.2, -0.15) is 5.10 Å². The van der Waals surface area contributed by atoms with E-state index in [4.69, 9.17) is 0 Å². The summed E-state index contributed by atoms with van der Waals surface area (Å²) >= 11 is 0. The van der Waals surface area contributed by atoms with E-state index in [2.05, 4.69) is 21.5 Å². The normalized spacial score (nSPS) is 19.2. The van der Waals surface area contributed by atoms with Gasteiger partial charge in [0, 0.05) is 49.1 Å². The van der Waals surface area contributed by atoms with Crippen molar-refractivity contribution in [3.8, 4) is 0 Å². The van der Waals surface area contributed by atoms with Crippen molar-refractivity contribution in [1.82, 2.24) is 19.7 Å². The number of carbonyl (C=O) groups is 1. The molecular weight excluding hydrogens is 464 g/mol. The summed E-state index contributed by atoms with van der Waals surface area (Å²) < 4.78 is 32.0. The highest BCUT2D eigenvalue weighted by Crippen LogP contribution is 2.40. The molecule has 0 amide bonds. The van der Waals surface area contributed by atoms with Crippen molar-refractivity contribution in [2.75, 3.05) is 25.0 Å². The number of pyridine rings is 1. The van der Waals surface area contributed by atoms with Crippen LogP contribution in [0.5, 0.6) is 0 Å². The van der Waals surface area contributed by atoms with Gasteiger partial charge in [0.15, 0.2) is 0 Å². The van der Waals surface area contributed by atoms with Gasteiger partial charge >= 0.3 is 5.97 Å². The third kappa shape index (κ3) is 4.93. The fourth-order valence-corrected chi connectivity index (χ4v) is 5.72. The van der Waals surface area contributed by atoms with Gasteiger partial charge < -0.3 is 10.4 Å². The van der Waals surface area contributed by atoms with Crippen LogP contribution in [0.4, 0.5) is 14.6 Å². The van der Waals surface area contributed by atoms with Crippen molar-refractivity contribution >= 4 is 22.7 Å². The number of unbranched alkanes of at least 4 members (excludes halogenated alkanes) is 1. The van der Waals surface area contributed by atoms with Crippen LogP contribution in [-0.2, 0) is 24.7 Å². The Kier molecular flexibility index (Phi) is 6.92. The molecule has 192 valence electrons. The summed E-state index contributed by atoms with van der Waals surface area (Å²) in [6.07, 6.45) is 5.66. The molecule has 0 bridgehead atoms. The monoisotopic (exact) mass is 497 g/mol. The molecule has 2 aromatic heterocycles. The van der Waals surface area contributed by atoms with Gasteiger partial charge in [-0.15, -0.1) is 0 Å². The number of hydrogen-bond acceptors (Lipinski definition) is 5. The topological polar surface area (TPSA) is 83.3 Å². The lowest BCUT2D eigenvalue weighted by atomic mass is 9.95. The maximum absolute atomic E-state index is 15.2. The predicted molar refractivity (Wildman–Crippen MR) is 134 cm³/mol. The minimum atomic E-state index is -2.83. The number of nitrogens with one attached hydrogen (secondary N) is 1. The molecule has 1 fully saturated rings. The van der Waals surface area contributed by atoms with Gasteiger partial charge in [-0.3, -0.25) is 14.4 Å². The van der Waals surface area contributed by atoms with Crippen LogP contribution in [0, 0.1) is 5.92 Å². The highest BCUT2D eigenvalue weighted by molar-refractivity contribution is 5.88. The first-order valence-electron chi connectivity index (χ1n) is 12.8. The number of halogens is 2. The van der Waals surface area contributed by atoms with Crippen molar-refractivity contribution in [3.05, 3.63) is 53.3 Å². The van der Waals surface area contributed by atoms with E-state index in [1.54, 1.807) is 35.0 Å². The molecular formula is C27H33F2N5O2. The van der Waals surface area contributed by atoms with Crippen molar-refractivity contribution in [3.63, 3.8) is 0 Å². The Bertz CT molecular complexity index is 1240. The van der Waals surface area contributed by atoms with Crippen LogP contribution >= 0.6 is 0 Å². The molecule has 2 unspecified atom stereocenters. The smallest absolute Gasteiger partial charge is 0.325 e. The largest absolute Gasteiger partial charge is 0.480 e. The molecule has 4 heterocycles. The Morgan fingerprint density at radius 3 is 2.97 bits per heavy atom. The standard InChI is InChI=1S/C27H33F2N5O2/c1-33-23-19(16-31-33)6-4-9-22(23)24(26(35)36)34-15-12-20(17-34)27(28,29)13-3-2-8-21-11-10-18-7-5-14-30-25(18)32-21/h4,6,9-11,16,20,24H,2-3,5,7-8,12-15,17H2,1H3,(H,30,32)(H,35,36). The third-order valence-corrected chi connectivity index (χ3v) is 7.65. The fourth-order valence-electron chi connectivity index (χ4n) is 5.72. The van der Waals surface area contributed by atoms with E-state index in [-0.39, 0.29) is 19.4 Å². The minimum Gasteiger partial charge on any atom is -0.480 e. The second-order valence-corrected chi connectivity index (χ2v) is 10.1. The van der Waals surface area contributed by atoms with E-state index < -0.39 is 23.9 Å². The lowest BCUT2D eigenvalue weighted by molar-refractivity contribution is -0.143. The molecule has 2 aliphatic rings. The number of hydrogen-bond donors (Lipinski definition) is 2. The molecule has 36 heavy (non-hydrogen) atoms. The van der Waals surface area contributed by atoms with Gasteiger partial charge in [-0.1, -0.05) is 24.3 Å². The van der Waals surface area contributed by atoms with Crippen LogP contribution in [-0.4, -0.2) is 56.3 Å². The van der Waals surface area contributed by atoms with Crippen LogP contribution in [0.15, 0.2) is 36.5 Å². The van der Waals surface area contributed by atoms with Gasteiger partial charge in [0.1, 0.15) is 11.9 Å². The number of fused-ring (bicyclic) bond motifs is 2. The van der Waals surface area contributed by atoms with Crippen LogP contribution in [0.1, 0.15) is 55.0 Å². The Hall–Kier alpha value is -3.07. The number of carboxylic acid groups (broad SMARTS) is 1. The number of aliphatic carboxylic acids is 1. The van der Waals surface area contributed by atoms with Crippen molar-refractivity contribution in [2.24, 2.45) is 13.0 Å². The average molecular weight is 498 g/mol. The molecule has 2 aliphatic heterocycles. The summed E-state index contributed by atoms with van der Waals surface area (Å²) in [5.74, 6) is -3.78. The first kappa shape index (κ1) is 24.6. The minimum absolute atomic E-state index is 0.0657. The molecule has 1 saturated heterocycles. The Morgan fingerprint density at radius 2 is 2.14 bits per heavy atom. The zero-order valence-corrected chi connectivity index (χ0v) is 20.6. The van der Waals surface area contributed by atoms with Gasteiger partial charge in [-0.25, -0.2) is 13.8 Å². The number of nitrogens with zero attached hydrogens (tertiary/aromatic N) is 4. The zero-order valence-electron chi connectivity index (χ0n) is 20.6. The molecule has 1 aromatic carbocycles. The Balaban J connectivity index is 1.19. The number of anilines is 1. The first-order chi connectivity index (χ1) is 17.3. The van der Waals surface area contributed by atoms with E-state index in [0.717, 1.165) is 41.8 Å². The summed E-state index contributed by atoms with van der Waals surface area (Å²) in [4.78, 5) is 18.6. The SMILES string of the molecule is Cn1ncc2cccc(C(C(=O)O)N3CCC(C(F)(F)CCCCc4ccc5c(n4)NCCC5)C3)c21. The molecule has 0 radical (unpaired) electrons. The third-order valence-electron chi connectivity index (χ3n) is 7.65. The summed E-state index contributed by atoms with van der Waals surface area (Å²) in [6.45, 7) is 1.32. The van der Waals surface area contributed by atoms with Crippen LogP contribution in [0.25, 0.3) is 10.9 Å². The van der Waals surface area contributed by atoms with E-state index in [1.807, 2.05) is 12.1 Å². The van der Waals surface area contributed by atoms with Gasteiger partial charge in [-0.05, 0) is 56.7 Å². The molecule has 3 aromatic rings. The number of aromatic nitrogens is 3. The fraction of sp³-hybridized carbons (Fsp3) is 0.519. The summed E-state index contributed by atoms with van der Waals surface area (Å²) in [6, 6.07) is 8.56. The van der Waals surface area contributed by atoms with E-state index in [1.165, 1.54) is 5.56 Å². The molecule has 0 spiro atoms. The number of aryl methyl sites for hydroxylation is 3. The number of alkyl halides is 2. The predicted octanol–water partition coefficient (Wildman–Crippen LogP) is 4.82. The summed E-state index contributed by atoms with van der Waals surface area (Å²) in [7, 11) is 1.77. The molecule has 2 N–H and O–H groups in total. The quantitative estimate of drug-likeness (QED) is 0.413. The van der Waals surface area contributed by atoms with Gasteiger partial charge in [0.2, 0.25) is 0 Å². The number of rotatable bonds is 9. The van der Waals surface area contributed by atoms with Crippen LogP contribution in [0.2, 0.25) is 0 Å². The van der Waals surface area contributed by atoms with Crippen LogP contribution < -0.4 is 5.32 Å². The van der Waals surface area contributed by atoms with E-state index in [0.29, 0.717) is 31.4 Å². The molecule has 0 aliphatic carbocycles. The van der Waals surface area contributed by atoms with Crippen LogP contribution in [0.3, 0.4) is 0 Å². The van der Waals surface area contributed by atoms with Gasteiger partial charge in [0.05, 0.1) is 11.7 Å². The maximum atomic E-state index is 15.2. The number of carboxylic acids is 1. The number of likely N-dealkylation sites (tertiary alicyclic amines) is 1. The highest BCUT2D eigenvalue weighted by atomic mass is 19.3. The van der Waals surface area contributed by atoms with Crippen molar-refractivity contribution in [1.29, 1.82) is 0 Å². The summed E-state index contributed by atoms with van der Waals surface area (Å²) in [5.41, 5.74) is 3.48. The van der Waals surface area contributed by atoms with Crippen molar-refractivity contribution < 1.29 is 18.7 Å². The lowest BCUT2D eigenvalue weighted by Gasteiger charge is -2.27. The van der Waals surface area contributed by atoms with Crippen molar-refractivity contribution in [2.45, 2.75) is 56.9 Å². The molecule has 5 rings (SSSR count). The number of para-hydroxylation sites is 1. The Labute approximate surface area is 209 Å². The lowest BCUT2D eigenvalue weighted by Crippen LogP contribution is -2.36.